The van der Waals surface area contributed by atoms with Gasteiger partial charge in [-0.25, -0.2) is 19.4 Å². The Morgan fingerprint density at radius 1 is 1.14 bits per heavy atom. The maximum absolute atomic E-state index is 15.8. The van der Waals surface area contributed by atoms with Crippen LogP contribution < -0.4 is 21.4 Å². The molecule has 0 aromatic carbocycles. The van der Waals surface area contributed by atoms with E-state index < -0.39 is 74.3 Å². The highest BCUT2D eigenvalue weighted by molar-refractivity contribution is 7.54. The molecule has 17 heteroatoms. The van der Waals surface area contributed by atoms with Gasteiger partial charge >= 0.3 is 25.3 Å². The molecule has 0 amide bonds. The Morgan fingerprint density at radius 2 is 1.65 bits per heavy atom. The number of esters is 2. The second-order valence-electron chi connectivity index (χ2n) is 7.77. The van der Waals surface area contributed by atoms with Crippen molar-refractivity contribution >= 4 is 19.6 Å². The molecule has 0 aliphatic heterocycles. The molecule has 1 heterocycles. The van der Waals surface area contributed by atoms with Gasteiger partial charge in [-0.2, -0.15) is 0 Å². The summed E-state index contributed by atoms with van der Waals surface area (Å²) in [6.07, 6.45) is -2.79. The lowest BCUT2D eigenvalue weighted by molar-refractivity contribution is -0.264. The molecule has 0 aliphatic rings. The van der Waals surface area contributed by atoms with E-state index in [0.717, 1.165) is 19.2 Å². The first kappa shape index (κ1) is 32.6. The molecule has 0 radical (unpaired) electrons. The Hall–Kier alpha value is -2.46. The van der Waals surface area contributed by atoms with Gasteiger partial charge in [-0.1, -0.05) is 0 Å². The van der Waals surface area contributed by atoms with Gasteiger partial charge in [0.25, 0.3) is 11.4 Å². The first-order valence-corrected chi connectivity index (χ1v) is 12.9. The number of aliphatic hydroxyl groups excluding tert-OH is 2. The van der Waals surface area contributed by atoms with Crippen LogP contribution in [-0.4, -0.2) is 82.2 Å². The quantitative estimate of drug-likeness (QED) is 0.126. The summed E-state index contributed by atoms with van der Waals surface area (Å²) in [5, 5.41) is 24.4. The molecule has 0 bridgehead atoms. The summed E-state index contributed by atoms with van der Waals surface area (Å²) < 4.78 is 50.0. The molecular weight excluding hydrogens is 522 g/mol. The van der Waals surface area contributed by atoms with Crippen molar-refractivity contribution in [2.75, 3.05) is 26.4 Å². The monoisotopic (exact) mass is 556 g/mol. The fraction of sp³-hybridized carbons (Fsp3) is 0.700. The molecule has 37 heavy (non-hydrogen) atoms. The van der Waals surface area contributed by atoms with Gasteiger partial charge in [0.15, 0.2) is 6.23 Å². The van der Waals surface area contributed by atoms with Crippen LogP contribution in [-0.2, 0) is 32.9 Å². The number of nitrogens with zero attached hydrogens (tertiary/aromatic N) is 1. The minimum Gasteiger partial charge on any atom is -0.465 e. The van der Waals surface area contributed by atoms with Gasteiger partial charge in [0.1, 0.15) is 24.8 Å². The zero-order chi connectivity index (χ0) is 28.4. The van der Waals surface area contributed by atoms with E-state index >= 15 is 4.39 Å². The SMILES string of the molecule is CCOC(=O)C(C)NP(=O)(NC(C)C(=O)OCC)OC[C@@](F)(OC(CO)n1ccc(=O)[nH]c1=O)[C@H](C)O. The largest absolute Gasteiger partial charge is 0.465 e. The van der Waals surface area contributed by atoms with Crippen LogP contribution in [0, 0.1) is 0 Å². The van der Waals surface area contributed by atoms with E-state index in [1.807, 2.05) is 4.98 Å². The Morgan fingerprint density at radius 3 is 2.05 bits per heavy atom. The highest BCUT2D eigenvalue weighted by Crippen LogP contribution is 2.41. The number of aromatic amines is 1. The van der Waals surface area contributed by atoms with Crippen LogP contribution in [0.25, 0.3) is 0 Å². The van der Waals surface area contributed by atoms with Crippen molar-refractivity contribution in [2.24, 2.45) is 0 Å². The molecule has 212 valence electrons. The number of aromatic nitrogens is 2. The van der Waals surface area contributed by atoms with Crippen molar-refractivity contribution in [3.05, 3.63) is 33.1 Å². The van der Waals surface area contributed by atoms with E-state index in [-0.39, 0.29) is 13.2 Å². The Labute approximate surface area is 211 Å². The molecule has 0 aliphatic carbocycles. The summed E-state index contributed by atoms with van der Waals surface area (Å²) in [6, 6.07) is -1.58. The third-order valence-electron chi connectivity index (χ3n) is 4.72. The van der Waals surface area contributed by atoms with Crippen molar-refractivity contribution in [3.63, 3.8) is 0 Å². The van der Waals surface area contributed by atoms with E-state index in [2.05, 4.69) is 10.2 Å². The number of aliphatic hydroxyl groups is 2. The molecule has 3 unspecified atom stereocenters. The van der Waals surface area contributed by atoms with Crippen LogP contribution in [0.1, 0.15) is 40.8 Å². The number of H-pyrrole nitrogens is 1. The van der Waals surface area contributed by atoms with Crippen molar-refractivity contribution in [3.8, 4) is 0 Å². The van der Waals surface area contributed by atoms with E-state index in [1.165, 1.54) is 13.8 Å². The van der Waals surface area contributed by atoms with E-state index in [9.17, 15) is 34.0 Å². The summed E-state index contributed by atoms with van der Waals surface area (Å²) in [7, 11) is -4.47. The van der Waals surface area contributed by atoms with Crippen LogP contribution in [0.15, 0.2) is 21.9 Å². The Bertz CT molecular complexity index is 1040. The second-order valence-corrected chi connectivity index (χ2v) is 9.64. The molecule has 0 saturated heterocycles. The minimum atomic E-state index is -4.47. The molecule has 0 spiro atoms. The maximum atomic E-state index is 15.8. The second kappa shape index (κ2) is 14.5. The lowest BCUT2D eigenvalue weighted by atomic mass is 10.2. The summed E-state index contributed by atoms with van der Waals surface area (Å²) >= 11 is 0. The third kappa shape index (κ3) is 9.74. The molecular formula is C20H34FN4O11P. The van der Waals surface area contributed by atoms with Gasteiger partial charge in [0, 0.05) is 12.3 Å². The van der Waals surface area contributed by atoms with E-state index in [0.29, 0.717) is 4.57 Å². The molecule has 0 fully saturated rings. The fourth-order valence-electron chi connectivity index (χ4n) is 2.76. The van der Waals surface area contributed by atoms with Crippen molar-refractivity contribution in [1.29, 1.82) is 0 Å². The van der Waals surface area contributed by atoms with Crippen LogP contribution in [0.4, 0.5) is 4.39 Å². The van der Waals surface area contributed by atoms with Crippen LogP contribution in [0.3, 0.4) is 0 Å². The molecule has 5 atom stereocenters. The zero-order valence-corrected chi connectivity index (χ0v) is 22.0. The Balaban J connectivity index is 3.23. The highest BCUT2D eigenvalue weighted by atomic mass is 31.2. The number of halogens is 1. The number of hydrogen-bond donors (Lipinski definition) is 5. The molecule has 0 saturated carbocycles. The van der Waals surface area contributed by atoms with Gasteiger partial charge in [0.05, 0.1) is 19.8 Å². The van der Waals surface area contributed by atoms with Crippen molar-refractivity contribution in [1.82, 2.24) is 19.7 Å². The summed E-state index contributed by atoms with van der Waals surface area (Å²) in [5.41, 5.74) is -1.80. The number of hydrogen-bond acceptors (Lipinski definition) is 11. The first-order chi connectivity index (χ1) is 17.2. The fourth-order valence-corrected chi connectivity index (χ4v) is 4.57. The molecule has 5 N–H and O–H groups in total. The minimum absolute atomic E-state index is 0.0127. The van der Waals surface area contributed by atoms with Gasteiger partial charge < -0.3 is 24.4 Å². The van der Waals surface area contributed by atoms with Gasteiger partial charge in [-0.3, -0.25) is 33.0 Å². The standard InChI is InChI=1S/C20H34FN4O11P/c1-6-33-17(29)12(3)23-37(32,24-13(4)18(30)34-7-2)35-11-20(21,14(5)27)36-16(10-26)25-9-8-15(28)22-19(25)31/h8-9,12-14,16,26-27H,6-7,10-11H2,1-5H3,(H,22,28,31)(H2,23,24,32)/t12?,13?,14-,16?,20+,37?/m0/s1. The normalized spacial score (nSPS) is 18.1. The number of rotatable bonds is 16. The smallest absolute Gasteiger partial charge is 0.342 e. The summed E-state index contributed by atoms with van der Waals surface area (Å²) in [4.78, 5) is 49.3. The van der Waals surface area contributed by atoms with Gasteiger partial charge in [-0.15, -0.1) is 0 Å². The van der Waals surface area contributed by atoms with E-state index in [1.54, 1.807) is 13.8 Å². The third-order valence-corrected chi connectivity index (χ3v) is 6.67. The van der Waals surface area contributed by atoms with Crippen molar-refractivity contribution in [2.45, 2.75) is 64.9 Å². The number of nitrogens with one attached hydrogen (secondary N) is 3. The van der Waals surface area contributed by atoms with Crippen LogP contribution in [0.5, 0.6) is 0 Å². The lowest BCUT2D eigenvalue weighted by Crippen LogP contribution is -2.49. The first-order valence-electron chi connectivity index (χ1n) is 11.3. The molecule has 15 nitrogen and oxygen atoms in total. The number of ether oxygens (including phenoxy) is 3. The van der Waals surface area contributed by atoms with Crippen molar-refractivity contribution < 1.29 is 47.5 Å². The average Bonchev–Trinajstić information content (AvgIpc) is 2.81. The van der Waals surface area contributed by atoms with Crippen LogP contribution >= 0.6 is 7.67 Å². The van der Waals surface area contributed by atoms with Gasteiger partial charge in [0.2, 0.25) is 0 Å². The number of carbonyl (C=O) groups excluding carboxylic acids is 2. The van der Waals surface area contributed by atoms with Crippen LogP contribution in [0.2, 0.25) is 0 Å². The predicted octanol–water partition coefficient (Wildman–Crippen LogP) is -0.702. The number of carbonyl (C=O) groups is 2. The molecule has 1 aromatic rings. The van der Waals surface area contributed by atoms with Gasteiger partial charge in [-0.05, 0) is 34.6 Å². The summed E-state index contributed by atoms with van der Waals surface area (Å²) in [5.74, 6) is -4.84. The zero-order valence-electron chi connectivity index (χ0n) is 21.1. The highest BCUT2D eigenvalue weighted by Gasteiger charge is 2.44. The maximum Gasteiger partial charge on any atom is 0.342 e. The Kier molecular flexibility index (Phi) is 12.7. The predicted molar refractivity (Wildman–Crippen MR) is 126 cm³/mol. The van der Waals surface area contributed by atoms with E-state index in [4.69, 9.17) is 18.7 Å². The molecule has 1 rings (SSSR count). The molecule has 1 aromatic heterocycles. The topological polar surface area (TPSA) is 208 Å². The average molecular weight is 556 g/mol. The summed E-state index contributed by atoms with van der Waals surface area (Å²) in [6.45, 7) is 4.39. The lowest BCUT2D eigenvalue weighted by Gasteiger charge is -2.34. The number of alkyl halides is 1.